The van der Waals surface area contributed by atoms with Crippen LogP contribution in [0.25, 0.3) is 0 Å². The molecular weight excluding hydrogens is 345 g/mol. The molecule has 0 spiro atoms. The number of aliphatic carboxylic acids is 1. The molecule has 0 radical (unpaired) electrons. The van der Waals surface area contributed by atoms with Crippen molar-refractivity contribution in [1.82, 2.24) is 0 Å². The maximum absolute atomic E-state index is 12.3. The van der Waals surface area contributed by atoms with Gasteiger partial charge in [0.2, 0.25) is 0 Å². The Bertz CT molecular complexity index is 576. The number of rotatable bonds is 2. The molecule has 0 aliphatic heterocycles. The third-order valence-electron chi connectivity index (χ3n) is 3.11. The number of benzene rings is 1. The van der Waals surface area contributed by atoms with Gasteiger partial charge >= 0.3 is 5.97 Å². The van der Waals surface area contributed by atoms with E-state index in [1.54, 1.807) is 18.2 Å². The molecule has 0 aromatic heterocycles. The van der Waals surface area contributed by atoms with Gasteiger partial charge in [0.1, 0.15) is 0 Å². The van der Waals surface area contributed by atoms with Crippen molar-refractivity contribution in [2.75, 3.05) is 0 Å². The molecule has 18 heavy (non-hydrogen) atoms. The molecule has 2 rings (SSSR count). The smallest absolute Gasteiger partial charge is 0.305 e. The summed E-state index contributed by atoms with van der Waals surface area (Å²) in [4.78, 5) is 23.2. The Labute approximate surface area is 118 Å². The largest absolute Gasteiger partial charge is 0.481 e. The van der Waals surface area contributed by atoms with E-state index in [-0.39, 0.29) is 12.2 Å². The molecule has 1 N–H and O–H groups in total. The van der Waals surface area contributed by atoms with E-state index in [1.807, 2.05) is 28.7 Å². The van der Waals surface area contributed by atoms with Crippen LogP contribution in [0.3, 0.4) is 0 Å². The number of Topliss-reactive ketones (excluding diaryl/α,β-unsaturated/α-hetero) is 1. The molecule has 1 aromatic carbocycles. The fraction of sp³-hybridized carbons (Fsp3) is 0.308. The Hall–Kier alpha value is -1.42. The number of alkyl halides is 1. The van der Waals surface area contributed by atoms with Crippen LogP contribution in [0.2, 0.25) is 0 Å². The van der Waals surface area contributed by atoms with E-state index in [2.05, 4.69) is 0 Å². The number of nitriles is 1. The number of aryl methyl sites for hydroxylation is 1. The van der Waals surface area contributed by atoms with Crippen molar-refractivity contribution in [2.45, 2.75) is 22.7 Å². The SMILES string of the molecule is N#Cc1ccc2c(c1)CCC(I)(CC(=O)O)C2=O. The first-order chi connectivity index (χ1) is 8.46. The number of fused-ring (bicyclic) bond motifs is 1. The first kappa shape index (κ1) is 13.0. The molecule has 0 saturated heterocycles. The summed E-state index contributed by atoms with van der Waals surface area (Å²) in [5.74, 6) is -1.11. The van der Waals surface area contributed by atoms with Crippen LogP contribution in [0.15, 0.2) is 18.2 Å². The van der Waals surface area contributed by atoms with Gasteiger partial charge in [0.25, 0.3) is 0 Å². The van der Waals surface area contributed by atoms with E-state index >= 15 is 0 Å². The highest BCUT2D eigenvalue weighted by Gasteiger charge is 2.41. The monoisotopic (exact) mass is 355 g/mol. The summed E-state index contributed by atoms with van der Waals surface area (Å²) in [6.07, 6.45) is 0.971. The zero-order valence-corrected chi connectivity index (χ0v) is 11.6. The summed E-state index contributed by atoms with van der Waals surface area (Å²) in [6, 6.07) is 6.98. The Morgan fingerprint density at radius 3 is 2.89 bits per heavy atom. The normalized spacial score (nSPS) is 22.1. The molecule has 0 amide bonds. The van der Waals surface area contributed by atoms with Crippen molar-refractivity contribution < 1.29 is 14.7 Å². The molecule has 0 fully saturated rings. The van der Waals surface area contributed by atoms with Crippen molar-refractivity contribution in [2.24, 2.45) is 0 Å². The molecule has 1 aliphatic rings. The Balaban J connectivity index is 2.40. The average Bonchev–Trinajstić information content (AvgIpc) is 2.33. The summed E-state index contributed by atoms with van der Waals surface area (Å²) in [7, 11) is 0. The number of halogens is 1. The minimum atomic E-state index is -0.963. The molecule has 92 valence electrons. The van der Waals surface area contributed by atoms with E-state index in [4.69, 9.17) is 10.4 Å². The minimum absolute atomic E-state index is 0.142. The molecule has 5 heteroatoms. The van der Waals surface area contributed by atoms with Crippen molar-refractivity contribution >= 4 is 34.3 Å². The number of nitrogens with zero attached hydrogens (tertiary/aromatic N) is 1. The van der Waals surface area contributed by atoms with Crippen LogP contribution in [0.5, 0.6) is 0 Å². The number of carbonyl (C=O) groups is 2. The predicted molar refractivity (Wildman–Crippen MR) is 72.8 cm³/mol. The Morgan fingerprint density at radius 2 is 2.28 bits per heavy atom. The second-order valence-corrected chi connectivity index (χ2v) is 6.41. The van der Waals surface area contributed by atoms with E-state index < -0.39 is 9.39 Å². The Morgan fingerprint density at radius 1 is 1.56 bits per heavy atom. The number of carboxylic acid groups (broad SMARTS) is 1. The first-order valence-electron chi connectivity index (χ1n) is 5.45. The zero-order valence-electron chi connectivity index (χ0n) is 9.44. The lowest BCUT2D eigenvalue weighted by Gasteiger charge is -2.30. The lowest BCUT2D eigenvalue weighted by Crippen LogP contribution is -2.38. The lowest BCUT2D eigenvalue weighted by molar-refractivity contribution is -0.137. The highest BCUT2D eigenvalue weighted by Crippen LogP contribution is 2.38. The van der Waals surface area contributed by atoms with Crippen LogP contribution < -0.4 is 0 Å². The maximum atomic E-state index is 12.3. The first-order valence-corrected chi connectivity index (χ1v) is 6.53. The number of carboxylic acids is 1. The molecule has 0 bridgehead atoms. The van der Waals surface area contributed by atoms with Crippen LogP contribution in [0.1, 0.15) is 34.3 Å². The minimum Gasteiger partial charge on any atom is -0.481 e. The van der Waals surface area contributed by atoms with Gasteiger partial charge < -0.3 is 5.11 Å². The van der Waals surface area contributed by atoms with E-state index in [9.17, 15) is 9.59 Å². The molecule has 1 aromatic rings. The topological polar surface area (TPSA) is 78.2 Å². The third kappa shape index (κ3) is 2.25. The average molecular weight is 355 g/mol. The van der Waals surface area contributed by atoms with Gasteiger partial charge in [0.05, 0.1) is 21.5 Å². The predicted octanol–water partition coefficient (Wildman–Crippen LogP) is 2.34. The second kappa shape index (κ2) is 4.69. The van der Waals surface area contributed by atoms with Crippen LogP contribution in [-0.2, 0) is 11.2 Å². The van der Waals surface area contributed by atoms with E-state index in [1.165, 1.54) is 0 Å². The molecule has 1 unspecified atom stereocenters. The van der Waals surface area contributed by atoms with Crippen LogP contribution in [0.4, 0.5) is 0 Å². The van der Waals surface area contributed by atoms with Gasteiger partial charge in [0, 0.05) is 5.56 Å². The molecule has 4 nitrogen and oxygen atoms in total. The summed E-state index contributed by atoms with van der Waals surface area (Å²) in [5, 5.41) is 17.7. The fourth-order valence-corrected chi connectivity index (χ4v) is 3.07. The Kier molecular flexibility index (Phi) is 3.39. The van der Waals surface area contributed by atoms with Crippen LogP contribution in [-0.4, -0.2) is 20.3 Å². The highest BCUT2D eigenvalue weighted by atomic mass is 127. The van der Waals surface area contributed by atoms with Crippen molar-refractivity contribution in [3.8, 4) is 6.07 Å². The van der Waals surface area contributed by atoms with E-state index in [0.29, 0.717) is 24.0 Å². The third-order valence-corrected chi connectivity index (χ3v) is 4.52. The summed E-state index contributed by atoms with van der Waals surface area (Å²) in [6.45, 7) is 0. The van der Waals surface area contributed by atoms with Gasteiger partial charge in [-0.25, -0.2) is 0 Å². The molecule has 1 atom stereocenters. The van der Waals surface area contributed by atoms with Crippen molar-refractivity contribution in [3.05, 3.63) is 34.9 Å². The standard InChI is InChI=1S/C13H10INO3/c14-13(6-11(16)17)4-3-9-5-8(7-15)1-2-10(9)12(13)18/h1-2,5H,3-4,6H2,(H,16,17). The number of ketones is 1. The summed E-state index contributed by atoms with van der Waals surface area (Å²) >= 11 is 1.95. The van der Waals surface area contributed by atoms with Gasteiger partial charge in [-0.15, -0.1) is 0 Å². The fourth-order valence-electron chi connectivity index (χ4n) is 2.19. The van der Waals surface area contributed by atoms with Gasteiger partial charge in [-0.05, 0) is 36.6 Å². The van der Waals surface area contributed by atoms with Gasteiger partial charge in [-0.3, -0.25) is 9.59 Å². The molecule has 0 heterocycles. The zero-order chi connectivity index (χ0) is 13.3. The van der Waals surface area contributed by atoms with Gasteiger partial charge in [0.15, 0.2) is 5.78 Å². The molecular formula is C13H10INO3. The lowest BCUT2D eigenvalue weighted by atomic mass is 9.80. The van der Waals surface area contributed by atoms with Gasteiger partial charge in [-0.2, -0.15) is 5.26 Å². The van der Waals surface area contributed by atoms with Gasteiger partial charge in [-0.1, -0.05) is 22.6 Å². The molecule has 0 saturated carbocycles. The van der Waals surface area contributed by atoms with Crippen molar-refractivity contribution in [1.29, 1.82) is 5.26 Å². The number of carbonyl (C=O) groups excluding carboxylic acids is 1. The van der Waals surface area contributed by atoms with Crippen LogP contribution >= 0.6 is 22.6 Å². The number of hydrogen-bond donors (Lipinski definition) is 1. The summed E-state index contributed by atoms with van der Waals surface area (Å²) < 4.78 is -0.856. The maximum Gasteiger partial charge on any atom is 0.305 e. The van der Waals surface area contributed by atoms with E-state index in [0.717, 1.165) is 5.56 Å². The van der Waals surface area contributed by atoms with Crippen molar-refractivity contribution in [3.63, 3.8) is 0 Å². The number of hydrogen-bond acceptors (Lipinski definition) is 3. The highest BCUT2D eigenvalue weighted by molar-refractivity contribution is 14.1. The quantitative estimate of drug-likeness (QED) is 0.653. The second-order valence-electron chi connectivity index (χ2n) is 4.35. The summed E-state index contributed by atoms with van der Waals surface area (Å²) in [5.41, 5.74) is 1.92. The molecule has 1 aliphatic carbocycles. The van der Waals surface area contributed by atoms with Crippen LogP contribution in [0, 0.1) is 11.3 Å².